The van der Waals surface area contributed by atoms with E-state index in [-0.39, 0.29) is 11.9 Å². The van der Waals surface area contributed by atoms with E-state index in [2.05, 4.69) is 10.3 Å². The Kier molecular flexibility index (Phi) is 2.38. The first-order chi connectivity index (χ1) is 8.56. The summed E-state index contributed by atoms with van der Waals surface area (Å²) in [5.41, 5.74) is 2.65. The third-order valence-electron chi connectivity index (χ3n) is 3.49. The lowest BCUT2D eigenvalue weighted by Crippen LogP contribution is -2.43. The van der Waals surface area contributed by atoms with Gasteiger partial charge in [-0.1, -0.05) is 0 Å². The zero-order valence-corrected chi connectivity index (χ0v) is 9.83. The number of benzene rings is 1. The molecule has 0 bridgehead atoms. The minimum absolute atomic E-state index is 0.0784. The second-order valence-electron chi connectivity index (χ2n) is 4.69. The number of carbonyl (C=O) groups is 1. The Morgan fingerprint density at radius 3 is 3.00 bits per heavy atom. The van der Waals surface area contributed by atoms with Gasteiger partial charge < -0.3 is 10.1 Å². The molecule has 4 nitrogen and oxygen atoms in total. The Morgan fingerprint density at radius 1 is 1.50 bits per heavy atom. The van der Waals surface area contributed by atoms with Crippen LogP contribution >= 0.6 is 0 Å². The molecule has 2 heterocycles. The lowest BCUT2D eigenvalue weighted by molar-refractivity contribution is -0.139. The van der Waals surface area contributed by atoms with Gasteiger partial charge in [0.1, 0.15) is 11.9 Å². The van der Waals surface area contributed by atoms with Gasteiger partial charge in [-0.05, 0) is 30.7 Å². The Morgan fingerprint density at radius 2 is 2.28 bits per heavy atom. The molecule has 0 saturated carbocycles. The SMILES string of the molecule is CC1NC(C(=O)O)Cc2c1[nH]c1cc(F)ccc21. The number of nitrogens with one attached hydrogen (secondary N) is 2. The number of aromatic amines is 1. The van der Waals surface area contributed by atoms with Crippen molar-refractivity contribution in [1.29, 1.82) is 0 Å². The Bertz CT molecular complexity index is 635. The van der Waals surface area contributed by atoms with E-state index in [1.54, 1.807) is 6.07 Å². The molecule has 1 aliphatic heterocycles. The van der Waals surface area contributed by atoms with Crippen LogP contribution in [0.3, 0.4) is 0 Å². The minimum Gasteiger partial charge on any atom is -0.480 e. The monoisotopic (exact) mass is 248 g/mol. The summed E-state index contributed by atoms with van der Waals surface area (Å²) in [6, 6.07) is 3.88. The van der Waals surface area contributed by atoms with Gasteiger partial charge in [-0.25, -0.2) is 4.39 Å². The van der Waals surface area contributed by atoms with E-state index in [0.29, 0.717) is 6.42 Å². The van der Waals surface area contributed by atoms with Crippen LogP contribution in [0.4, 0.5) is 4.39 Å². The molecule has 1 aromatic heterocycles. The van der Waals surface area contributed by atoms with Crippen molar-refractivity contribution in [3.63, 3.8) is 0 Å². The van der Waals surface area contributed by atoms with E-state index in [0.717, 1.165) is 22.2 Å². The average molecular weight is 248 g/mol. The van der Waals surface area contributed by atoms with Crippen molar-refractivity contribution >= 4 is 16.9 Å². The number of aromatic nitrogens is 1. The second-order valence-corrected chi connectivity index (χ2v) is 4.69. The maximum Gasteiger partial charge on any atom is 0.321 e. The number of hydrogen-bond acceptors (Lipinski definition) is 2. The summed E-state index contributed by atoms with van der Waals surface area (Å²) in [6.45, 7) is 1.90. The second kappa shape index (κ2) is 3.81. The molecule has 2 atom stereocenters. The van der Waals surface area contributed by atoms with Crippen LogP contribution in [0.2, 0.25) is 0 Å². The van der Waals surface area contributed by atoms with Crippen LogP contribution in [0.1, 0.15) is 24.2 Å². The molecule has 0 fully saturated rings. The van der Waals surface area contributed by atoms with Crippen LogP contribution in [0.15, 0.2) is 18.2 Å². The summed E-state index contributed by atoms with van der Waals surface area (Å²) in [7, 11) is 0. The number of H-pyrrole nitrogens is 1. The fourth-order valence-electron chi connectivity index (χ4n) is 2.64. The van der Waals surface area contributed by atoms with Crippen LogP contribution in [-0.2, 0) is 11.2 Å². The topological polar surface area (TPSA) is 65.1 Å². The first-order valence-corrected chi connectivity index (χ1v) is 5.85. The average Bonchev–Trinajstić information content (AvgIpc) is 2.67. The van der Waals surface area contributed by atoms with Gasteiger partial charge in [0.05, 0.1) is 0 Å². The zero-order valence-electron chi connectivity index (χ0n) is 9.83. The van der Waals surface area contributed by atoms with Crippen LogP contribution in [0.5, 0.6) is 0 Å². The van der Waals surface area contributed by atoms with Crippen LogP contribution in [0.25, 0.3) is 10.9 Å². The van der Waals surface area contributed by atoms with Gasteiger partial charge in [-0.3, -0.25) is 10.1 Å². The minimum atomic E-state index is -0.857. The van der Waals surface area contributed by atoms with E-state index < -0.39 is 12.0 Å². The molecular weight excluding hydrogens is 235 g/mol. The Hall–Kier alpha value is -1.88. The number of carboxylic acid groups (broad SMARTS) is 1. The molecule has 5 heteroatoms. The standard InChI is InChI=1S/C13H13FN2O2/c1-6-12-9(5-11(15-6)13(17)18)8-3-2-7(14)4-10(8)16-12/h2-4,6,11,15-16H,5H2,1H3,(H,17,18). The number of halogens is 1. The molecule has 94 valence electrons. The molecule has 3 N–H and O–H groups in total. The van der Waals surface area contributed by atoms with Gasteiger partial charge in [-0.15, -0.1) is 0 Å². The molecule has 0 saturated heterocycles. The molecule has 0 spiro atoms. The van der Waals surface area contributed by atoms with Crippen molar-refractivity contribution in [2.75, 3.05) is 0 Å². The predicted octanol–water partition coefficient (Wildman–Crippen LogP) is 1.97. The largest absolute Gasteiger partial charge is 0.480 e. The van der Waals surface area contributed by atoms with Crippen molar-refractivity contribution in [3.8, 4) is 0 Å². The van der Waals surface area contributed by atoms with Gasteiger partial charge in [0.15, 0.2) is 0 Å². The first kappa shape index (κ1) is 11.2. The zero-order chi connectivity index (χ0) is 12.9. The van der Waals surface area contributed by atoms with Crippen molar-refractivity contribution in [1.82, 2.24) is 10.3 Å². The Balaban J connectivity index is 2.17. The quantitative estimate of drug-likeness (QED) is 0.723. The predicted molar refractivity (Wildman–Crippen MR) is 64.9 cm³/mol. The summed E-state index contributed by atoms with van der Waals surface area (Å²) in [5.74, 6) is -1.15. The Labute approximate surface area is 103 Å². The van der Waals surface area contributed by atoms with Crippen molar-refractivity contribution in [2.24, 2.45) is 0 Å². The molecule has 18 heavy (non-hydrogen) atoms. The molecular formula is C13H13FN2O2. The third kappa shape index (κ3) is 1.59. The smallest absolute Gasteiger partial charge is 0.321 e. The van der Waals surface area contributed by atoms with E-state index in [1.165, 1.54) is 12.1 Å². The molecule has 0 amide bonds. The summed E-state index contributed by atoms with van der Waals surface area (Å²) < 4.78 is 13.2. The lowest BCUT2D eigenvalue weighted by Gasteiger charge is -2.26. The van der Waals surface area contributed by atoms with E-state index in [4.69, 9.17) is 5.11 Å². The highest BCUT2D eigenvalue weighted by Crippen LogP contribution is 2.31. The first-order valence-electron chi connectivity index (χ1n) is 5.85. The number of rotatable bonds is 1. The molecule has 0 aliphatic carbocycles. The fraction of sp³-hybridized carbons (Fsp3) is 0.308. The summed E-state index contributed by atoms with van der Waals surface area (Å²) in [5, 5.41) is 13.0. The highest BCUT2D eigenvalue weighted by atomic mass is 19.1. The molecule has 2 unspecified atom stereocenters. The number of aliphatic carboxylic acids is 1. The normalized spacial score (nSPS) is 23.0. The maximum absolute atomic E-state index is 13.2. The van der Waals surface area contributed by atoms with Crippen molar-refractivity contribution in [3.05, 3.63) is 35.3 Å². The maximum atomic E-state index is 13.2. The van der Waals surface area contributed by atoms with E-state index >= 15 is 0 Å². The lowest BCUT2D eigenvalue weighted by atomic mass is 9.95. The highest BCUT2D eigenvalue weighted by molar-refractivity contribution is 5.86. The summed E-state index contributed by atoms with van der Waals surface area (Å²) in [6.07, 6.45) is 0.417. The molecule has 3 rings (SSSR count). The van der Waals surface area contributed by atoms with Crippen LogP contribution in [0, 0.1) is 5.82 Å². The van der Waals surface area contributed by atoms with Crippen molar-refractivity contribution < 1.29 is 14.3 Å². The van der Waals surface area contributed by atoms with Crippen molar-refractivity contribution in [2.45, 2.75) is 25.4 Å². The van der Waals surface area contributed by atoms with Gasteiger partial charge in [0.2, 0.25) is 0 Å². The fourth-order valence-corrected chi connectivity index (χ4v) is 2.64. The molecule has 2 aromatic rings. The van der Waals surface area contributed by atoms with Gasteiger partial charge in [0, 0.05) is 29.1 Å². The van der Waals surface area contributed by atoms with E-state index in [9.17, 15) is 9.18 Å². The molecule has 1 aromatic carbocycles. The number of fused-ring (bicyclic) bond motifs is 3. The third-order valence-corrected chi connectivity index (χ3v) is 3.49. The number of carboxylic acids is 1. The summed E-state index contributed by atoms with van der Waals surface area (Å²) in [4.78, 5) is 14.3. The van der Waals surface area contributed by atoms with Gasteiger partial charge >= 0.3 is 5.97 Å². The van der Waals surface area contributed by atoms with Crippen LogP contribution in [-0.4, -0.2) is 22.1 Å². The number of hydrogen-bond donors (Lipinski definition) is 3. The molecule has 0 radical (unpaired) electrons. The van der Waals surface area contributed by atoms with Crippen LogP contribution < -0.4 is 5.32 Å². The van der Waals surface area contributed by atoms with E-state index in [1.807, 2.05) is 6.92 Å². The summed E-state index contributed by atoms with van der Waals surface area (Å²) >= 11 is 0. The van der Waals surface area contributed by atoms with Gasteiger partial charge in [0.25, 0.3) is 0 Å². The molecule has 1 aliphatic rings. The highest BCUT2D eigenvalue weighted by Gasteiger charge is 2.30. The van der Waals surface area contributed by atoms with Gasteiger partial charge in [-0.2, -0.15) is 0 Å².